The molecule has 0 radical (unpaired) electrons. The highest BCUT2D eigenvalue weighted by molar-refractivity contribution is 6.08. The number of rotatable bonds is 4. The second-order valence-electron chi connectivity index (χ2n) is 2.95. The number of ether oxygens (including phenoxy) is 1. The van der Waals surface area contributed by atoms with Crippen LogP contribution in [0, 0.1) is 0 Å². The van der Waals surface area contributed by atoms with Crippen LogP contribution in [0.1, 0.15) is 16.8 Å². The summed E-state index contributed by atoms with van der Waals surface area (Å²) in [6.07, 6.45) is -0.559. The molecule has 0 heterocycles. The summed E-state index contributed by atoms with van der Waals surface area (Å²) in [4.78, 5) is 21.7. The summed E-state index contributed by atoms with van der Waals surface area (Å²) in [6, 6.07) is 4.50. The van der Waals surface area contributed by atoms with Crippen LogP contribution >= 0.6 is 0 Å². The molecule has 1 rings (SSSR count). The van der Waals surface area contributed by atoms with Crippen molar-refractivity contribution in [3.05, 3.63) is 23.8 Å². The Balaban J connectivity index is 2.95. The number of hydrogen-bond donors (Lipinski definition) is 2. The predicted octanol–water partition coefficient (Wildman–Crippen LogP) is 0.935. The van der Waals surface area contributed by atoms with E-state index in [1.54, 1.807) is 6.07 Å². The number of hydrogen-bond acceptors (Lipinski definition) is 4. The molecular formula is C10H11NO4. The smallest absolute Gasteiger partial charge is 0.311 e. The number of carbonyl (C=O) groups is 2. The van der Waals surface area contributed by atoms with Gasteiger partial charge in [-0.2, -0.15) is 0 Å². The minimum Gasteiger partial charge on any atom is -0.497 e. The molecule has 15 heavy (non-hydrogen) atoms. The first kappa shape index (κ1) is 11.0. The molecule has 5 nitrogen and oxygen atoms in total. The highest BCUT2D eigenvalue weighted by Gasteiger charge is 2.13. The number of anilines is 1. The third-order valence-electron chi connectivity index (χ3n) is 1.87. The summed E-state index contributed by atoms with van der Waals surface area (Å²) in [6.45, 7) is 0. The van der Waals surface area contributed by atoms with Gasteiger partial charge in [0.15, 0.2) is 5.78 Å². The van der Waals surface area contributed by atoms with Crippen molar-refractivity contribution in [2.45, 2.75) is 6.42 Å². The molecule has 1 aromatic carbocycles. The Hall–Kier alpha value is -2.04. The van der Waals surface area contributed by atoms with Crippen LogP contribution in [0.5, 0.6) is 5.75 Å². The third kappa shape index (κ3) is 2.70. The van der Waals surface area contributed by atoms with Crippen LogP contribution in [0.4, 0.5) is 5.69 Å². The Bertz CT molecular complexity index is 400. The first-order valence-electron chi connectivity index (χ1n) is 4.23. The van der Waals surface area contributed by atoms with Gasteiger partial charge in [0.05, 0.1) is 7.11 Å². The molecule has 0 atom stereocenters. The van der Waals surface area contributed by atoms with Crippen LogP contribution < -0.4 is 10.5 Å². The van der Waals surface area contributed by atoms with E-state index in [4.69, 9.17) is 15.6 Å². The Kier molecular flexibility index (Phi) is 3.28. The van der Waals surface area contributed by atoms with E-state index >= 15 is 0 Å². The standard InChI is InChI=1S/C10H11NO4/c1-15-6-2-3-7(8(11)4-6)9(12)5-10(13)14/h2-4H,5,11H2,1H3,(H,13,14). The molecule has 0 aliphatic heterocycles. The highest BCUT2D eigenvalue weighted by Crippen LogP contribution is 2.20. The number of benzene rings is 1. The molecule has 0 aliphatic rings. The van der Waals surface area contributed by atoms with Crippen LogP contribution in [0.15, 0.2) is 18.2 Å². The zero-order chi connectivity index (χ0) is 11.4. The lowest BCUT2D eigenvalue weighted by Gasteiger charge is -2.05. The van der Waals surface area contributed by atoms with Crippen LogP contribution in [-0.2, 0) is 4.79 Å². The number of carboxylic acid groups (broad SMARTS) is 1. The van der Waals surface area contributed by atoms with Crippen molar-refractivity contribution in [2.75, 3.05) is 12.8 Å². The van der Waals surface area contributed by atoms with E-state index < -0.39 is 18.2 Å². The van der Waals surface area contributed by atoms with Gasteiger partial charge in [0.25, 0.3) is 0 Å². The number of methoxy groups -OCH3 is 1. The molecular weight excluding hydrogens is 198 g/mol. The third-order valence-corrected chi connectivity index (χ3v) is 1.87. The SMILES string of the molecule is COc1ccc(C(=O)CC(=O)O)c(N)c1. The number of carbonyl (C=O) groups excluding carboxylic acids is 1. The average molecular weight is 209 g/mol. The first-order valence-corrected chi connectivity index (χ1v) is 4.23. The highest BCUT2D eigenvalue weighted by atomic mass is 16.5. The number of nitrogens with two attached hydrogens (primary N) is 1. The predicted molar refractivity (Wildman–Crippen MR) is 54.0 cm³/mol. The topological polar surface area (TPSA) is 89.6 Å². The van der Waals surface area contributed by atoms with Gasteiger partial charge in [-0.15, -0.1) is 0 Å². The number of nitrogen functional groups attached to an aromatic ring is 1. The van der Waals surface area contributed by atoms with E-state index in [-0.39, 0.29) is 11.3 Å². The van der Waals surface area contributed by atoms with Gasteiger partial charge in [-0.3, -0.25) is 9.59 Å². The molecule has 0 fully saturated rings. The van der Waals surface area contributed by atoms with Crippen molar-refractivity contribution in [1.29, 1.82) is 0 Å². The lowest BCUT2D eigenvalue weighted by molar-refractivity contribution is -0.135. The van der Waals surface area contributed by atoms with Crippen LogP contribution in [0.25, 0.3) is 0 Å². The molecule has 0 unspecified atom stereocenters. The van der Waals surface area contributed by atoms with Gasteiger partial charge in [-0.05, 0) is 12.1 Å². The fourth-order valence-corrected chi connectivity index (χ4v) is 1.15. The van der Waals surface area contributed by atoms with Crippen molar-refractivity contribution in [2.24, 2.45) is 0 Å². The molecule has 80 valence electrons. The monoisotopic (exact) mass is 209 g/mol. The number of aliphatic carboxylic acids is 1. The molecule has 0 spiro atoms. The molecule has 0 saturated carbocycles. The number of carboxylic acids is 1. The number of ketones is 1. The van der Waals surface area contributed by atoms with E-state index in [0.29, 0.717) is 5.75 Å². The summed E-state index contributed by atoms with van der Waals surface area (Å²) in [5.74, 6) is -1.16. The van der Waals surface area contributed by atoms with Gasteiger partial charge >= 0.3 is 5.97 Å². The minimum absolute atomic E-state index is 0.207. The summed E-state index contributed by atoms with van der Waals surface area (Å²) in [7, 11) is 1.48. The summed E-state index contributed by atoms with van der Waals surface area (Å²) >= 11 is 0. The van der Waals surface area contributed by atoms with Crippen molar-refractivity contribution in [3.63, 3.8) is 0 Å². The van der Waals surface area contributed by atoms with Gasteiger partial charge in [-0.25, -0.2) is 0 Å². The summed E-state index contributed by atoms with van der Waals surface area (Å²) in [5.41, 5.74) is 6.01. The van der Waals surface area contributed by atoms with Gasteiger partial charge in [0.1, 0.15) is 12.2 Å². The summed E-state index contributed by atoms with van der Waals surface area (Å²) in [5, 5.41) is 8.45. The largest absolute Gasteiger partial charge is 0.497 e. The van der Waals surface area contributed by atoms with Gasteiger partial charge in [-0.1, -0.05) is 0 Å². The Morgan fingerprint density at radius 2 is 2.13 bits per heavy atom. The van der Waals surface area contributed by atoms with E-state index in [1.807, 2.05) is 0 Å². The van der Waals surface area contributed by atoms with Gasteiger partial charge < -0.3 is 15.6 Å². The van der Waals surface area contributed by atoms with Crippen LogP contribution in [0.2, 0.25) is 0 Å². The molecule has 5 heteroatoms. The van der Waals surface area contributed by atoms with Crippen molar-refractivity contribution in [1.82, 2.24) is 0 Å². The maximum Gasteiger partial charge on any atom is 0.311 e. The van der Waals surface area contributed by atoms with Crippen molar-refractivity contribution in [3.8, 4) is 5.75 Å². The zero-order valence-corrected chi connectivity index (χ0v) is 8.19. The maximum atomic E-state index is 11.4. The molecule has 1 aromatic rings. The summed E-state index contributed by atoms with van der Waals surface area (Å²) < 4.78 is 4.90. The van der Waals surface area contributed by atoms with Gasteiger partial charge in [0, 0.05) is 17.3 Å². The Morgan fingerprint density at radius 3 is 2.60 bits per heavy atom. The Morgan fingerprint density at radius 1 is 1.47 bits per heavy atom. The molecule has 0 saturated heterocycles. The van der Waals surface area contributed by atoms with E-state index in [9.17, 15) is 9.59 Å². The van der Waals surface area contributed by atoms with Crippen molar-refractivity contribution < 1.29 is 19.4 Å². The minimum atomic E-state index is -1.17. The fourth-order valence-electron chi connectivity index (χ4n) is 1.15. The normalized spacial score (nSPS) is 9.67. The quantitative estimate of drug-likeness (QED) is 0.437. The second-order valence-corrected chi connectivity index (χ2v) is 2.95. The molecule has 3 N–H and O–H groups in total. The lowest BCUT2D eigenvalue weighted by atomic mass is 10.1. The van der Waals surface area contributed by atoms with Crippen LogP contribution in [-0.4, -0.2) is 24.0 Å². The zero-order valence-electron chi connectivity index (χ0n) is 8.19. The van der Waals surface area contributed by atoms with E-state index in [1.165, 1.54) is 19.2 Å². The molecule has 0 amide bonds. The molecule has 0 aliphatic carbocycles. The van der Waals surface area contributed by atoms with Gasteiger partial charge in [0.2, 0.25) is 0 Å². The van der Waals surface area contributed by atoms with Crippen LogP contribution in [0.3, 0.4) is 0 Å². The number of Topliss-reactive ketones (excluding diaryl/α,β-unsaturated/α-hetero) is 1. The first-order chi connectivity index (χ1) is 7.04. The second kappa shape index (κ2) is 4.45. The maximum absolute atomic E-state index is 11.4. The average Bonchev–Trinajstić information content (AvgIpc) is 2.16. The van der Waals surface area contributed by atoms with E-state index in [2.05, 4.69) is 0 Å². The Labute approximate surface area is 86.5 Å². The van der Waals surface area contributed by atoms with E-state index in [0.717, 1.165) is 0 Å². The lowest BCUT2D eigenvalue weighted by Crippen LogP contribution is -2.09. The molecule has 0 aromatic heterocycles. The fraction of sp³-hybridized carbons (Fsp3) is 0.200. The van der Waals surface area contributed by atoms with Crippen molar-refractivity contribution >= 4 is 17.4 Å². The molecule has 0 bridgehead atoms.